The summed E-state index contributed by atoms with van der Waals surface area (Å²) in [5, 5.41) is 0.819. The van der Waals surface area contributed by atoms with Gasteiger partial charge in [-0.3, -0.25) is 4.57 Å². The predicted molar refractivity (Wildman–Crippen MR) is 55.8 cm³/mol. The molecule has 1 unspecified atom stereocenters. The van der Waals surface area contributed by atoms with Crippen LogP contribution in [0.5, 0.6) is 0 Å². The highest BCUT2D eigenvalue weighted by Crippen LogP contribution is 2.44. The van der Waals surface area contributed by atoms with E-state index < -0.39 is 7.37 Å². The zero-order valence-electron chi connectivity index (χ0n) is 8.06. The predicted octanol–water partition coefficient (Wildman–Crippen LogP) is 2.65. The summed E-state index contributed by atoms with van der Waals surface area (Å²) in [7, 11) is -2.55. The summed E-state index contributed by atoms with van der Waals surface area (Å²) >= 11 is 0. The molecule has 13 heavy (non-hydrogen) atoms. The smallest absolute Gasteiger partial charge is 0.231 e. The number of hydrogen-bond donors (Lipinski definition) is 0. The second kappa shape index (κ2) is 4.59. The monoisotopic (exact) mass is 198 g/mol. The van der Waals surface area contributed by atoms with Gasteiger partial charge in [-0.15, -0.1) is 0 Å². The molecule has 0 bridgehead atoms. The van der Waals surface area contributed by atoms with E-state index in [2.05, 4.69) is 0 Å². The van der Waals surface area contributed by atoms with Crippen LogP contribution in [0, 0.1) is 0 Å². The Balaban J connectivity index is 2.96. The molecule has 0 spiro atoms. The molecule has 0 aliphatic carbocycles. The van der Waals surface area contributed by atoms with Crippen molar-refractivity contribution in [3.63, 3.8) is 0 Å². The summed E-state index contributed by atoms with van der Waals surface area (Å²) in [5.74, 6) is 0. The molecule has 1 aromatic rings. The van der Waals surface area contributed by atoms with Crippen molar-refractivity contribution >= 4 is 12.7 Å². The maximum atomic E-state index is 12.2. The van der Waals surface area contributed by atoms with E-state index in [-0.39, 0.29) is 0 Å². The van der Waals surface area contributed by atoms with Crippen molar-refractivity contribution in [3.8, 4) is 0 Å². The molecule has 0 fully saturated rings. The summed E-state index contributed by atoms with van der Waals surface area (Å²) in [6.07, 6.45) is 0.560. The van der Waals surface area contributed by atoms with Gasteiger partial charge in [0.25, 0.3) is 0 Å². The van der Waals surface area contributed by atoms with Gasteiger partial charge in [0, 0.05) is 11.5 Å². The van der Waals surface area contributed by atoms with Crippen molar-refractivity contribution in [3.05, 3.63) is 30.3 Å². The van der Waals surface area contributed by atoms with E-state index in [0.29, 0.717) is 12.8 Å². The zero-order chi connectivity index (χ0) is 9.73. The van der Waals surface area contributed by atoms with Gasteiger partial charge in [0.2, 0.25) is 7.37 Å². The minimum Gasteiger partial charge on any atom is -0.326 e. The van der Waals surface area contributed by atoms with Crippen LogP contribution in [0.15, 0.2) is 30.3 Å². The van der Waals surface area contributed by atoms with Crippen LogP contribution in [-0.2, 0) is 9.09 Å². The minimum absolute atomic E-state index is 0.500. The molecule has 0 saturated heterocycles. The summed E-state index contributed by atoms with van der Waals surface area (Å²) in [6.45, 7) is 4.26. The summed E-state index contributed by atoms with van der Waals surface area (Å²) < 4.78 is 17.5. The average molecular weight is 198 g/mol. The van der Waals surface area contributed by atoms with E-state index in [1.807, 2.05) is 44.2 Å². The first kappa shape index (κ1) is 10.5. The summed E-state index contributed by atoms with van der Waals surface area (Å²) in [5.41, 5.74) is 0. The van der Waals surface area contributed by atoms with Crippen LogP contribution in [0.25, 0.3) is 0 Å². The van der Waals surface area contributed by atoms with Gasteiger partial charge in [0.15, 0.2) is 0 Å². The third-order valence-corrected chi connectivity index (χ3v) is 4.50. The molecule has 72 valence electrons. The molecule has 2 nitrogen and oxygen atoms in total. The third kappa shape index (κ3) is 2.43. The average Bonchev–Trinajstić information content (AvgIpc) is 2.19. The molecule has 1 aromatic carbocycles. The molecule has 1 rings (SSSR count). The molecule has 0 aliphatic rings. The standard InChI is InChI=1S/C10H15O2P/c1-3-12-13(11,4-2)10-8-6-5-7-9-10/h5-9H,3-4H2,1-2H3. The Morgan fingerprint density at radius 2 is 1.85 bits per heavy atom. The van der Waals surface area contributed by atoms with E-state index in [9.17, 15) is 4.57 Å². The lowest BCUT2D eigenvalue weighted by Gasteiger charge is -2.15. The van der Waals surface area contributed by atoms with Crippen molar-refractivity contribution < 1.29 is 9.09 Å². The van der Waals surface area contributed by atoms with E-state index >= 15 is 0 Å². The van der Waals surface area contributed by atoms with Gasteiger partial charge in [0.05, 0.1) is 6.61 Å². The van der Waals surface area contributed by atoms with Crippen molar-refractivity contribution in [1.82, 2.24) is 0 Å². The Kier molecular flexibility index (Phi) is 3.71. The first-order chi connectivity index (χ1) is 6.23. The molecule has 0 aliphatic heterocycles. The fourth-order valence-corrected chi connectivity index (χ4v) is 2.95. The molecule has 0 N–H and O–H groups in total. The van der Waals surface area contributed by atoms with Crippen LogP contribution < -0.4 is 5.30 Å². The molecule has 0 amide bonds. The van der Waals surface area contributed by atoms with Gasteiger partial charge >= 0.3 is 0 Å². The van der Waals surface area contributed by atoms with Crippen molar-refractivity contribution in [2.45, 2.75) is 13.8 Å². The van der Waals surface area contributed by atoms with Crippen molar-refractivity contribution in [1.29, 1.82) is 0 Å². The Hall–Kier alpha value is -0.590. The highest BCUT2D eigenvalue weighted by atomic mass is 31.2. The molecule has 0 radical (unpaired) electrons. The number of benzene rings is 1. The lowest BCUT2D eigenvalue weighted by molar-refractivity contribution is 0.341. The van der Waals surface area contributed by atoms with E-state index in [1.165, 1.54) is 0 Å². The maximum absolute atomic E-state index is 12.2. The second-order valence-corrected chi connectivity index (χ2v) is 5.50. The van der Waals surface area contributed by atoms with Gasteiger partial charge in [0.1, 0.15) is 0 Å². The van der Waals surface area contributed by atoms with Gasteiger partial charge in [-0.05, 0) is 19.1 Å². The van der Waals surface area contributed by atoms with E-state index in [0.717, 1.165) is 5.30 Å². The molecule has 0 aromatic heterocycles. The zero-order valence-corrected chi connectivity index (χ0v) is 8.96. The van der Waals surface area contributed by atoms with Gasteiger partial charge in [-0.2, -0.15) is 0 Å². The molecular formula is C10H15O2P. The summed E-state index contributed by atoms with van der Waals surface area (Å²) in [4.78, 5) is 0. The molecule has 0 heterocycles. The van der Waals surface area contributed by atoms with Crippen LogP contribution in [0.4, 0.5) is 0 Å². The van der Waals surface area contributed by atoms with E-state index in [4.69, 9.17) is 4.52 Å². The molecule has 1 atom stereocenters. The Bertz CT molecular complexity index is 295. The highest BCUT2D eigenvalue weighted by molar-refractivity contribution is 7.66. The van der Waals surface area contributed by atoms with Crippen molar-refractivity contribution in [2.24, 2.45) is 0 Å². The van der Waals surface area contributed by atoms with Crippen LogP contribution >= 0.6 is 7.37 Å². The lowest BCUT2D eigenvalue weighted by Crippen LogP contribution is -2.08. The Labute approximate surface area is 79.4 Å². The summed E-state index contributed by atoms with van der Waals surface area (Å²) in [6, 6.07) is 9.41. The first-order valence-corrected chi connectivity index (χ1v) is 6.33. The Morgan fingerprint density at radius 3 is 2.31 bits per heavy atom. The van der Waals surface area contributed by atoms with Gasteiger partial charge in [-0.25, -0.2) is 0 Å². The normalized spacial score (nSPS) is 15.2. The van der Waals surface area contributed by atoms with Gasteiger partial charge < -0.3 is 4.52 Å². The lowest BCUT2D eigenvalue weighted by atomic mass is 10.4. The number of hydrogen-bond acceptors (Lipinski definition) is 2. The second-order valence-electron chi connectivity index (χ2n) is 2.74. The Morgan fingerprint density at radius 1 is 1.23 bits per heavy atom. The van der Waals surface area contributed by atoms with E-state index in [1.54, 1.807) is 0 Å². The number of rotatable bonds is 4. The fraction of sp³-hybridized carbons (Fsp3) is 0.400. The highest BCUT2D eigenvalue weighted by Gasteiger charge is 2.21. The topological polar surface area (TPSA) is 26.3 Å². The van der Waals surface area contributed by atoms with Crippen LogP contribution in [0.1, 0.15) is 13.8 Å². The largest absolute Gasteiger partial charge is 0.326 e. The SMILES string of the molecule is CCOP(=O)(CC)c1ccccc1. The maximum Gasteiger partial charge on any atom is 0.231 e. The minimum atomic E-state index is -2.55. The van der Waals surface area contributed by atoms with Crippen LogP contribution in [0.2, 0.25) is 0 Å². The fourth-order valence-electron chi connectivity index (χ4n) is 1.21. The van der Waals surface area contributed by atoms with Gasteiger partial charge in [-0.1, -0.05) is 25.1 Å². The van der Waals surface area contributed by atoms with Crippen LogP contribution in [-0.4, -0.2) is 12.8 Å². The molecular weight excluding hydrogens is 183 g/mol. The molecule has 3 heteroatoms. The molecule has 0 saturated carbocycles. The van der Waals surface area contributed by atoms with Crippen LogP contribution in [0.3, 0.4) is 0 Å². The van der Waals surface area contributed by atoms with Crippen molar-refractivity contribution in [2.75, 3.05) is 12.8 Å². The third-order valence-electron chi connectivity index (χ3n) is 1.90. The first-order valence-electron chi connectivity index (χ1n) is 4.52. The quantitative estimate of drug-likeness (QED) is 0.695.